The summed E-state index contributed by atoms with van der Waals surface area (Å²) in [5.74, 6) is 0.0114. The van der Waals surface area contributed by atoms with E-state index in [0.717, 1.165) is 17.5 Å². The van der Waals surface area contributed by atoms with Crippen LogP contribution in [0.25, 0.3) is 0 Å². The Morgan fingerprint density at radius 3 is 2.95 bits per heavy atom. The number of anilines is 1. The molecule has 0 spiro atoms. The van der Waals surface area contributed by atoms with Gasteiger partial charge in [-0.2, -0.15) is 4.31 Å². The van der Waals surface area contributed by atoms with E-state index in [1.54, 1.807) is 39.9 Å². The minimum absolute atomic E-state index is 0.0114. The van der Waals surface area contributed by atoms with Crippen LogP contribution < -0.4 is 5.73 Å². The Labute approximate surface area is 122 Å². The first-order chi connectivity index (χ1) is 9.54. The summed E-state index contributed by atoms with van der Waals surface area (Å²) in [6, 6.07) is 9.08. The van der Waals surface area contributed by atoms with Gasteiger partial charge in [-0.1, -0.05) is 12.1 Å². The maximum atomic E-state index is 12.5. The molecule has 0 aliphatic carbocycles. The van der Waals surface area contributed by atoms with Crippen LogP contribution in [0.15, 0.2) is 35.7 Å². The van der Waals surface area contributed by atoms with E-state index in [4.69, 9.17) is 5.73 Å². The SMILES string of the molecule is Nc1cccc(CS(=O)(=O)N2CCc3sccc3C2)c1. The molecule has 20 heavy (non-hydrogen) atoms. The van der Waals surface area contributed by atoms with Gasteiger partial charge in [0, 0.05) is 23.7 Å². The number of rotatable bonds is 3. The molecule has 2 aromatic rings. The molecule has 6 heteroatoms. The number of nitrogen functional groups attached to an aromatic ring is 1. The van der Waals surface area contributed by atoms with E-state index in [9.17, 15) is 8.42 Å². The summed E-state index contributed by atoms with van der Waals surface area (Å²) in [6.45, 7) is 1.06. The first-order valence-corrected chi connectivity index (χ1v) is 8.91. The van der Waals surface area contributed by atoms with Crippen molar-refractivity contribution in [3.8, 4) is 0 Å². The highest BCUT2D eigenvalue weighted by atomic mass is 32.2. The van der Waals surface area contributed by atoms with Gasteiger partial charge in [-0.05, 0) is 41.1 Å². The van der Waals surface area contributed by atoms with Crippen molar-refractivity contribution < 1.29 is 8.42 Å². The molecule has 0 fully saturated rings. The molecule has 2 N–H and O–H groups in total. The van der Waals surface area contributed by atoms with Crippen LogP contribution in [0.4, 0.5) is 5.69 Å². The molecule has 4 nitrogen and oxygen atoms in total. The summed E-state index contributed by atoms with van der Waals surface area (Å²) >= 11 is 1.71. The van der Waals surface area contributed by atoms with Crippen molar-refractivity contribution in [1.82, 2.24) is 4.31 Å². The minimum atomic E-state index is -3.29. The molecule has 1 aromatic heterocycles. The fraction of sp³-hybridized carbons (Fsp3) is 0.286. The van der Waals surface area contributed by atoms with E-state index in [0.29, 0.717) is 18.8 Å². The Hall–Kier alpha value is -1.37. The van der Waals surface area contributed by atoms with Gasteiger partial charge < -0.3 is 5.73 Å². The minimum Gasteiger partial charge on any atom is -0.399 e. The molecule has 1 aliphatic heterocycles. The highest BCUT2D eigenvalue weighted by molar-refractivity contribution is 7.88. The number of nitrogens with zero attached hydrogens (tertiary/aromatic N) is 1. The lowest BCUT2D eigenvalue weighted by atomic mass is 10.1. The van der Waals surface area contributed by atoms with E-state index >= 15 is 0 Å². The summed E-state index contributed by atoms with van der Waals surface area (Å²) in [6.07, 6.45) is 0.809. The Balaban J connectivity index is 1.79. The van der Waals surface area contributed by atoms with E-state index < -0.39 is 10.0 Å². The zero-order valence-corrected chi connectivity index (χ0v) is 12.6. The number of benzene rings is 1. The molecule has 3 rings (SSSR count). The van der Waals surface area contributed by atoms with Crippen LogP contribution >= 0.6 is 11.3 Å². The van der Waals surface area contributed by atoms with Gasteiger partial charge in [-0.25, -0.2) is 8.42 Å². The number of fused-ring (bicyclic) bond motifs is 1. The fourth-order valence-corrected chi connectivity index (χ4v) is 4.82. The van der Waals surface area contributed by atoms with Gasteiger partial charge >= 0.3 is 0 Å². The number of sulfonamides is 1. The number of nitrogens with two attached hydrogens (primary N) is 1. The second-order valence-corrected chi connectivity index (χ2v) is 7.92. The number of hydrogen-bond acceptors (Lipinski definition) is 4. The van der Waals surface area contributed by atoms with Crippen molar-refractivity contribution in [1.29, 1.82) is 0 Å². The molecule has 2 heterocycles. The number of thiophene rings is 1. The van der Waals surface area contributed by atoms with Crippen LogP contribution in [0.3, 0.4) is 0 Å². The molecule has 1 aromatic carbocycles. The van der Waals surface area contributed by atoms with Crippen molar-refractivity contribution in [2.75, 3.05) is 12.3 Å². The topological polar surface area (TPSA) is 63.4 Å². The fourth-order valence-electron chi connectivity index (χ4n) is 2.44. The lowest BCUT2D eigenvalue weighted by Gasteiger charge is -2.26. The molecule has 0 saturated carbocycles. The van der Waals surface area contributed by atoms with Crippen LogP contribution in [0.1, 0.15) is 16.0 Å². The van der Waals surface area contributed by atoms with E-state index in [2.05, 4.69) is 0 Å². The van der Waals surface area contributed by atoms with Crippen molar-refractivity contribution in [2.45, 2.75) is 18.7 Å². The maximum Gasteiger partial charge on any atom is 0.218 e. The van der Waals surface area contributed by atoms with Gasteiger partial charge in [0.1, 0.15) is 0 Å². The van der Waals surface area contributed by atoms with Crippen molar-refractivity contribution in [2.24, 2.45) is 0 Å². The highest BCUT2D eigenvalue weighted by Gasteiger charge is 2.27. The molecular formula is C14H16N2O2S2. The first kappa shape index (κ1) is 13.6. The highest BCUT2D eigenvalue weighted by Crippen LogP contribution is 2.26. The molecular weight excluding hydrogens is 292 g/mol. The molecule has 0 bridgehead atoms. The third-order valence-corrected chi connectivity index (χ3v) is 6.29. The Bertz CT molecular complexity index is 722. The summed E-state index contributed by atoms with van der Waals surface area (Å²) in [4.78, 5) is 1.31. The van der Waals surface area contributed by atoms with Crippen LogP contribution in [0, 0.1) is 0 Å². The lowest BCUT2D eigenvalue weighted by Crippen LogP contribution is -2.36. The van der Waals surface area contributed by atoms with Crippen LogP contribution in [0.2, 0.25) is 0 Å². The molecule has 0 radical (unpaired) electrons. The van der Waals surface area contributed by atoms with Crippen LogP contribution in [0.5, 0.6) is 0 Å². The van der Waals surface area contributed by atoms with Crippen molar-refractivity contribution >= 4 is 27.0 Å². The second-order valence-electron chi connectivity index (χ2n) is 4.95. The monoisotopic (exact) mass is 308 g/mol. The van der Waals surface area contributed by atoms with Gasteiger partial charge in [-0.15, -0.1) is 11.3 Å². The van der Waals surface area contributed by atoms with Gasteiger partial charge in [0.05, 0.1) is 5.75 Å². The maximum absolute atomic E-state index is 12.5. The standard InChI is InChI=1S/C14H16N2O2S2/c15-13-3-1-2-11(8-13)10-20(17,18)16-6-4-14-12(9-16)5-7-19-14/h1-3,5,7-8H,4,6,9-10,15H2. The normalized spacial score (nSPS) is 16.0. The largest absolute Gasteiger partial charge is 0.399 e. The third kappa shape index (κ3) is 2.72. The zero-order valence-electron chi connectivity index (χ0n) is 11.0. The predicted octanol–water partition coefficient (Wildman–Crippen LogP) is 2.22. The summed E-state index contributed by atoms with van der Waals surface area (Å²) < 4.78 is 26.5. The zero-order chi connectivity index (χ0) is 14.2. The van der Waals surface area contributed by atoms with Gasteiger partial charge in [-0.3, -0.25) is 0 Å². The summed E-state index contributed by atoms with van der Waals surface area (Å²) in [5.41, 5.74) is 8.17. The molecule has 0 amide bonds. The van der Waals surface area contributed by atoms with Gasteiger partial charge in [0.25, 0.3) is 0 Å². The average molecular weight is 308 g/mol. The smallest absolute Gasteiger partial charge is 0.218 e. The Kier molecular flexibility index (Phi) is 3.54. The molecule has 0 unspecified atom stereocenters. The Morgan fingerprint density at radius 1 is 1.30 bits per heavy atom. The third-order valence-electron chi connectivity index (χ3n) is 3.47. The average Bonchev–Trinajstić information content (AvgIpc) is 2.85. The van der Waals surface area contributed by atoms with E-state index in [-0.39, 0.29) is 5.75 Å². The van der Waals surface area contributed by atoms with E-state index in [1.165, 1.54) is 4.88 Å². The summed E-state index contributed by atoms with van der Waals surface area (Å²) in [5, 5.41) is 2.03. The Morgan fingerprint density at radius 2 is 2.15 bits per heavy atom. The first-order valence-electron chi connectivity index (χ1n) is 6.42. The van der Waals surface area contributed by atoms with E-state index in [1.807, 2.05) is 11.4 Å². The molecule has 106 valence electrons. The molecule has 0 saturated heterocycles. The van der Waals surface area contributed by atoms with Crippen molar-refractivity contribution in [3.05, 3.63) is 51.7 Å². The van der Waals surface area contributed by atoms with Gasteiger partial charge in [0.2, 0.25) is 10.0 Å². The molecule has 0 atom stereocenters. The lowest BCUT2D eigenvalue weighted by molar-refractivity contribution is 0.393. The predicted molar refractivity (Wildman–Crippen MR) is 81.9 cm³/mol. The quantitative estimate of drug-likeness (QED) is 0.884. The van der Waals surface area contributed by atoms with Crippen LogP contribution in [-0.2, 0) is 28.7 Å². The second kappa shape index (κ2) is 5.20. The molecule has 1 aliphatic rings. The summed E-state index contributed by atoms with van der Waals surface area (Å²) in [7, 11) is -3.29. The van der Waals surface area contributed by atoms with Crippen LogP contribution in [-0.4, -0.2) is 19.3 Å². The number of hydrogen-bond donors (Lipinski definition) is 1. The van der Waals surface area contributed by atoms with Crippen molar-refractivity contribution in [3.63, 3.8) is 0 Å². The van der Waals surface area contributed by atoms with Gasteiger partial charge in [0.15, 0.2) is 0 Å².